The lowest BCUT2D eigenvalue weighted by molar-refractivity contribution is -0.148. The van der Waals surface area contributed by atoms with Crippen LogP contribution in [0.2, 0.25) is 0 Å². The van der Waals surface area contributed by atoms with E-state index < -0.39 is 5.41 Å². The molecule has 0 N–H and O–H groups in total. The monoisotopic (exact) mass is 268 g/mol. The third-order valence-electron chi connectivity index (χ3n) is 3.29. The second kappa shape index (κ2) is 5.26. The van der Waals surface area contributed by atoms with Crippen LogP contribution in [0, 0.1) is 0 Å². The summed E-state index contributed by atoms with van der Waals surface area (Å²) >= 11 is 1.62. The van der Waals surface area contributed by atoms with Crippen molar-refractivity contribution in [2.45, 2.75) is 39.0 Å². The van der Waals surface area contributed by atoms with Gasteiger partial charge in [-0.15, -0.1) is 11.3 Å². The summed E-state index contributed by atoms with van der Waals surface area (Å²) in [7, 11) is 0. The third kappa shape index (κ3) is 2.51. The van der Waals surface area contributed by atoms with Crippen molar-refractivity contribution in [3.8, 4) is 0 Å². The van der Waals surface area contributed by atoms with Gasteiger partial charge in [-0.25, -0.2) is 4.98 Å². The number of anilines is 1. The summed E-state index contributed by atoms with van der Waals surface area (Å²) in [6.45, 7) is 8.12. The highest BCUT2D eigenvalue weighted by Crippen LogP contribution is 2.31. The smallest absolute Gasteiger partial charge is 0.317 e. The predicted octanol–water partition coefficient (Wildman–Crippen LogP) is 2.58. The molecular weight excluding hydrogens is 248 g/mol. The van der Waals surface area contributed by atoms with Gasteiger partial charge in [0.2, 0.25) is 0 Å². The summed E-state index contributed by atoms with van der Waals surface area (Å²) < 4.78 is 5.11. The molecule has 0 unspecified atom stereocenters. The Bertz CT molecular complexity index is 422. The van der Waals surface area contributed by atoms with Crippen LogP contribution < -0.4 is 4.90 Å². The first-order valence-corrected chi connectivity index (χ1v) is 7.32. The maximum Gasteiger partial charge on any atom is 0.317 e. The lowest BCUT2D eigenvalue weighted by Gasteiger charge is -2.20. The molecule has 1 aromatic heterocycles. The Morgan fingerprint density at radius 2 is 2.17 bits per heavy atom. The molecule has 0 spiro atoms. The Morgan fingerprint density at radius 3 is 2.78 bits per heavy atom. The largest absolute Gasteiger partial charge is 0.465 e. The van der Waals surface area contributed by atoms with Crippen molar-refractivity contribution >= 4 is 22.4 Å². The quantitative estimate of drug-likeness (QED) is 0.787. The summed E-state index contributed by atoms with van der Waals surface area (Å²) in [6.07, 6.45) is 2.46. The van der Waals surface area contributed by atoms with Crippen LogP contribution in [0.4, 0.5) is 5.13 Å². The number of carbonyl (C=O) groups excluding carboxylic acids is 1. The highest BCUT2D eigenvalue weighted by atomic mass is 32.1. The van der Waals surface area contributed by atoms with Crippen molar-refractivity contribution in [2.24, 2.45) is 0 Å². The van der Waals surface area contributed by atoms with E-state index >= 15 is 0 Å². The fourth-order valence-electron chi connectivity index (χ4n) is 2.02. The molecule has 2 heterocycles. The zero-order valence-corrected chi connectivity index (χ0v) is 12.0. The molecule has 5 heteroatoms. The molecular formula is C13H20N2O2S. The average Bonchev–Trinajstić information content (AvgIpc) is 3.00. The Hall–Kier alpha value is -1.10. The molecule has 100 valence electrons. The summed E-state index contributed by atoms with van der Waals surface area (Å²) in [5, 5.41) is 3.00. The molecule has 4 nitrogen and oxygen atoms in total. The molecule has 1 fully saturated rings. The standard InChI is InChI=1S/C13H20N2O2S/c1-4-17-11(16)13(2,3)10-9-18-12(14-10)15-7-5-6-8-15/h9H,4-8H2,1-3H3. The van der Waals surface area contributed by atoms with Crippen LogP contribution in [-0.4, -0.2) is 30.6 Å². The molecule has 1 aliphatic rings. The number of ether oxygens (including phenoxy) is 1. The topological polar surface area (TPSA) is 42.4 Å². The Labute approximate surface area is 112 Å². The zero-order valence-electron chi connectivity index (χ0n) is 11.2. The van der Waals surface area contributed by atoms with Crippen LogP contribution >= 0.6 is 11.3 Å². The maximum atomic E-state index is 11.9. The molecule has 0 bridgehead atoms. The van der Waals surface area contributed by atoms with Crippen LogP contribution in [0.3, 0.4) is 0 Å². The van der Waals surface area contributed by atoms with E-state index in [2.05, 4.69) is 9.88 Å². The van der Waals surface area contributed by atoms with E-state index in [1.165, 1.54) is 12.8 Å². The minimum absolute atomic E-state index is 0.205. The van der Waals surface area contributed by atoms with Crippen molar-refractivity contribution < 1.29 is 9.53 Å². The normalized spacial score (nSPS) is 16.1. The Balaban J connectivity index is 2.15. The fourth-order valence-corrected chi connectivity index (χ4v) is 3.07. The SMILES string of the molecule is CCOC(=O)C(C)(C)c1csc(N2CCCC2)n1. The molecule has 0 atom stereocenters. The summed E-state index contributed by atoms with van der Waals surface area (Å²) in [5.41, 5.74) is 0.151. The second-order valence-electron chi connectivity index (χ2n) is 5.05. The van der Waals surface area contributed by atoms with Gasteiger partial charge < -0.3 is 9.64 Å². The van der Waals surface area contributed by atoms with E-state index in [0.29, 0.717) is 6.61 Å². The van der Waals surface area contributed by atoms with E-state index in [0.717, 1.165) is 23.9 Å². The lowest BCUT2D eigenvalue weighted by Crippen LogP contribution is -2.31. The number of hydrogen-bond donors (Lipinski definition) is 0. The fraction of sp³-hybridized carbons (Fsp3) is 0.692. The number of esters is 1. The number of hydrogen-bond acceptors (Lipinski definition) is 5. The van der Waals surface area contributed by atoms with Crippen molar-refractivity contribution in [1.29, 1.82) is 0 Å². The highest BCUT2D eigenvalue weighted by molar-refractivity contribution is 7.13. The van der Waals surface area contributed by atoms with E-state index in [-0.39, 0.29) is 5.97 Å². The van der Waals surface area contributed by atoms with Crippen molar-refractivity contribution in [3.63, 3.8) is 0 Å². The molecule has 1 aliphatic heterocycles. The van der Waals surface area contributed by atoms with Crippen LogP contribution in [0.1, 0.15) is 39.3 Å². The molecule has 0 radical (unpaired) electrons. The summed E-state index contributed by atoms with van der Waals surface area (Å²) in [6, 6.07) is 0. The van der Waals surface area contributed by atoms with Crippen LogP contribution in [0.5, 0.6) is 0 Å². The van der Waals surface area contributed by atoms with Gasteiger partial charge in [-0.1, -0.05) is 0 Å². The molecule has 0 aliphatic carbocycles. The summed E-state index contributed by atoms with van der Waals surface area (Å²) in [5.74, 6) is -0.205. The van der Waals surface area contributed by atoms with E-state index in [1.54, 1.807) is 11.3 Å². The maximum absolute atomic E-state index is 11.9. The first-order chi connectivity index (χ1) is 8.55. The third-order valence-corrected chi connectivity index (χ3v) is 4.20. The van der Waals surface area contributed by atoms with Gasteiger partial charge in [-0.05, 0) is 33.6 Å². The molecule has 0 amide bonds. The van der Waals surface area contributed by atoms with Gasteiger partial charge in [0.1, 0.15) is 5.41 Å². The minimum Gasteiger partial charge on any atom is -0.465 e. The van der Waals surface area contributed by atoms with Gasteiger partial charge in [-0.2, -0.15) is 0 Å². The van der Waals surface area contributed by atoms with Gasteiger partial charge in [0.25, 0.3) is 0 Å². The molecule has 18 heavy (non-hydrogen) atoms. The van der Waals surface area contributed by atoms with Gasteiger partial charge in [0.05, 0.1) is 12.3 Å². The molecule has 1 aromatic rings. The van der Waals surface area contributed by atoms with Crippen LogP contribution in [0.15, 0.2) is 5.38 Å². The van der Waals surface area contributed by atoms with E-state index in [4.69, 9.17) is 4.74 Å². The molecule has 0 aromatic carbocycles. The lowest BCUT2D eigenvalue weighted by atomic mass is 9.90. The number of nitrogens with zero attached hydrogens (tertiary/aromatic N) is 2. The first kappa shape index (κ1) is 13.3. The number of thiazole rings is 1. The first-order valence-electron chi connectivity index (χ1n) is 6.44. The molecule has 0 saturated carbocycles. The summed E-state index contributed by atoms with van der Waals surface area (Å²) in [4.78, 5) is 18.8. The Kier molecular flexibility index (Phi) is 3.90. The zero-order chi connectivity index (χ0) is 13.2. The minimum atomic E-state index is -0.662. The number of rotatable bonds is 4. The van der Waals surface area contributed by atoms with Gasteiger partial charge in [0, 0.05) is 18.5 Å². The number of aromatic nitrogens is 1. The van der Waals surface area contributed by atoms with Gasteiger partial charge in [-0.3, -0.25) is 4.79 Å². The van der Waals surface area contributed by atoms with Crippen LogP contribution in [0.25, 0.3) is 0 Å². The molecule has 2 rings (SSSR count). The Morgan fingerprint density at radius 1 is 1.50 bits per heavy atom. The van der Waals surface area contributed by atoms with Gasteiger partial charge >= 0.3 is 5.97 Å². The van der Waals surface area contributed by atoms with Crippen molar-refractivity contribution in [3.05, 3.63) is 11.1 Å². The average molecular weight is 268 g/mol. The van der Waals surface area contributed by atoms with E-state index in [1.807, 2.05) is 26.2 Å². The van der Waals surface area contributed by atoms with E-state index in [9.17, 15) is 4.79 Å². The van der Waals surface area contributed by atoms with Crippen molar-refractivity contribution in [1.82, 2.24) is 4.98 Å². The number of carbonyl (C=O) groups is 1. The second-order valence-corrected chi connectivity index (χ2v) is 5.89. The molecule has 1 saturated heterocycles. The van der Waals surface area contributed by atoms with Crippen LogP contribution in [-0.2, 0) is 14.9 Å². The highest BCUT2D eigenvalue weighted by Gasteiger charge is 2.34. The van der Waals surface area contributed by atoms with Gasteiger partial charge in [0.15, 0.2) is 5.13 Å². The predicted molar refractivity (Wildman–Crippen MR) is 73.2 cm³/mol. The van der Waals surface area contributed by atoms with Crippen molar-refractivity contribution in [2.75, 3.05) is 24.6 Å².